The van der Waals surface area contributed by atoms with Crippen LogP contribution in [0.5, 0.6) is 0 Å². The molecule has 1 aliphatic rings. The Hall–Kier alpha value is -2.68. The summed E-state index contributed by atoms with van der Waals surface area (Å²) in [5.74, 6) is -0.151. The molecule has 1 amide bonds. The van der Waals surface area contributed by atoms with Crippen LogP contribution >= 0.6 is 11.3 Å². The Morgan fingerprint density at radius 3 is 2.57 bits per heavy atom. The molecule has 0 saturated carbocycles. The Bertz CT molecular complexity index is 772. The lowest BCUT2D eigenvalue weighted by molar-refractivity contribution is -0.383. The minimum atomic E-state index is -0.385. The number of aromatic amines is 1. The summed E-state index contributed by atoms with van der Waals surface area (Å²) in [6.07, 6.45) is 1.40. The Balaban J connectivity index is 1.67. The van der Waals surface area contributed by atoms with Crippen LogP contribution in [0.25, 0.3) is 0 Å². The standard InChI is InChI=1S/C14H14N4O4S/c19-12-2-1-10(9-15-12)13(20)16-4-6-17(7-5-16)14-11(18(21)22)3-8-23-14/h1-3,8-9H,4-7H2,(H,15,19). The van der Waals surface area contributed by atoms with Gasteiger partial charge in [-0.2, -0.15) is 0 Å². The Labute approximate surface area is 135 Å². The average molecular weight is 334 g/mol. The van der Waals surface area contributed by atoms with E-state index in [4.69, 9.17) is 0 Å². The fraction of sp³-hybridized carbons (Fsp3) is 0.286. The molecule has 0 spiro atoms. The van der Waals surface area contributed by atoms with Gasteiger partial charge in [0, 0.05) is 44.5 Å². The van der Waals surface area contributed by atoms with Gasteiger partial charge in [0.15, 0.2) is 5.00 Å². The summed E-state index contributed by atoms with van der Waals surface area (Å²) in [5.41, 5.74) is 0.284. The molecule has 23 heavy (non-hydrogen) atoms. The second kappa shape index (κ2) is 6.21. The normalized spacial score (nSPS) is 14.8. The number of H-pyrrole nitrogens is 1. The van der Waals surface area contributed by atoms with Crippen molar-refractivity contribution in [2.45, 2.75) is 0 Å². The molecule has 0 radical (unpaired) electrons. The summed E-state index contributed by atoms with van der Waals surface area (Å²) in [6, 6.07) is 4.31. The van der Waals surface area contributed by atoms with Crippen LogP contribution < -0.4 is 10.5 Å². The van der Waals surface area contributed by atoms with Crippen molar-refractivity contribution in [2.24, 2.45) is 0 Å². The first kappa shape index (κ1) is 15.2. The van der Waals surface area contributed by atoms with Crippen LogP contribution in [0.4, 0.5) is 10.7 Å². The number of nitrogens with one attached hydrogen (secondary N) is 1. The molecule has 1 fully saturated rings. The molecule has 1 saturated heterocycles. The lowest BCUT2D eigenvalue weighted by Crippen LogP contribution is -2.48. The molecule has 9 heteroatoms. The monoisotopic (exact) mass is 334 g/mol. The maximum absolute atomic E-state index is 12.4. The number of carbonyl (C=O) groups excluding carboxylic acids is 1. The number of amides is 1. The minimum absolute atomic E-state index is 0.107. The molecule has 1 aliphatic heterocycles. The predicted octanol–water partition coefficient (Wildman–Crippen LogP) is 1.31. The number of carbonyl (C=O) groups is 1. The van der Waals surface area contributed by atoms with Crippen molar-refractivity contribution in [1.29, 1.82) is 0 Å². The third kappa shape index (κ3) is 3.09. The fourth-order valence-electron chi connectivity index (χ4n) is 2.51. The summed E-state index contributed by atoms with van der Waals surface area (Å²) in [6.45, 7) is 2.03. The van der Waals surface area contributed by atoms with Crippen molar-refractivity contribution in [2.75, 3.05) is 31.1 Å². The van der Waals surface area contributed by atoms with Gasteiger partial charge in [0.25, 0.3) is 5.91 Å². The zero-order chi connectivity index (χ0) is 16.4. The van der Waals surface area contributed by atoms with Crippen molar-refractivity contribution in [3.63, 3.8) is 0 Å². The van der Waals surface area contributed by atoms with Crippen molar-refractivity contribution in [1.82, 2.24) is 9.88 Å². The van der Waals surface area contributed by atoms with E-state index in [2.05, 4.69) is 4.98 Å². The average Bonchev–Trinajstić information content (AvgIpc) is 3.05. The molecule has 0 bridgehead atoms. The van der Waals surface area contributed by atoms with Crippen molar-refractivity contribution in [3.8, 4) is 0 Å². The number of thiophene rings is 1. The topological polar surface area (TPSA) is 99.6 Å². The van der Waals surface area contributed by atoms with Gasteiger partial charge in [0.05, 0.1) is 10.5 Å². The van der Waals surface area contributed by atoms with Crippen LogP contribution in [0.1, 0.15) is 10.4 Å². The van der Waals surface area contributed by atoms with Gasteiger partial charge in [-0.15, -0.1) is 11.3 Å². The number of rotatable bonds is 3. The summed E-state index contributed by atoms with van der Waals surface area (Å²) >= 11 is 1.33. The molecule has 2 aromatic heterocycles. The highest BCUT2D eigenvalue weighted by Crippen LogP contribution is 2.34. The maximum Gasteiger partial charge on any atom is 0.303 e. The number of aromatic nitrogens is 1. The number of hydrogen-bond acceptors (Lipinski definition) is 6. The SMILES string of the molecule is O=C(c1ccc(=O)[nH]c1)N1CCN(c2sccc2[N+](=O)[O-])CC1. The largest absolute Gasteiger partial charge is 0.354 e. The number of pyridine rings is 1. The second-order valence-electron chi connectivity index (χ2n) is 5.09. The van der Waals surface area contributed by atoms with Crippen LogP contribution in [0.3, 0.4) is 0 Å². The number of anilines is 1. The molecule has 0 atom stereocenters. The summed E-state index contributed by atoms with van der Waals surface area (Å²) in [7, 11) is 0. The van der Waals surface area contributed by atoms with Crippen LogP contribution in [0.2, 0.25) is 0 Å². The molecule has 0 aliphatic carbocycles. The van der Waals surface area contributed by atoms with E-state index in [1.165, 1.54) is 35.7 Å². The molecule has 1 N–H and O–H groups in total. The molecule has 3 rings (SSSR count). The molecule has 0 unspecified atom stereocenters. The van der Waals surface area contributed by atoms with Crippen LogP contribution in [-0.4, -0.2) is 46.9 Å². The van der Waals surface area contributed by atoms with Crippen molar-refractivity contribution >= 4 is 27.9 Å². The number of nitrogens with zero attached hydrogens (tertiary/aromatic N) is 3. The van der Waals surface area contributed by atoms with E-state index in [9.17, 15) is 19.7 Å². The van der Waals surface area contributed by atoms with Crippen LogP contribution in [0.15, 0.2) is 34.6 Å². The van der Waals surface area contributed by atoms with Gasteiger partial charge in [-0.25, -0.2) is 0 Å². The summed E-state index contributed by atoms with van der Waals surface area (Å²) in [5, 5.41) is 13.3. The fourth-order valence-corrected chi connectivity index (χ4v) is 3.43. The van der Waals surface area contributed by atoms with E-state index < -0.39 is 0 Å². The first-order valence-electron chi connectivity index (χ1n) is 7.01. The lowest BCUT2D eigenvalue weighted by atomic mass is 10.2. The van der Waals surface area contributed by atoms with Gasteiger partial charge >= 0.3 is 5.69 Å². The Morgan fingerprint density at radius 1 is 1.22 bits per heavy atom. The molecule has 0 aromatic carbocycles. The second-order valence-corrected chi connectivity index (χ2v) is 5.98. The third-order valence-corrected chi connectivity index (χ3v) is 4.67. The predicted molar refractivity (Wildman–Crippen MR) is 86.2 cm³/mol. The molecular weight excluding hydrogens is 320 g/mol. The van der Waals surface area contributed by atoms with Gasteiger partial charge in [-0.1, -0.05) is 0 Å². The molecule has 8 nitrogen and oxygen atoms in total. The maximum atomic E-state index is 12.4. The third-order valence-electron chi connectivity index (χ3n) is 3.71. The van der Waals surface area contributed by atoms with Crippen LogP contribution in [-0.2, 0) is 0 Å². The Morgan fingerprint density at radius 2 is 1.96 bits per heavy atom. The quantitative estimate of drug-likeness (QED) is 0.674. The number of hydrogen-bond donors (Lipinski definition) is 1. The van der Waals surface area contributed by atoms with Crippen molar-refractivity contribution in [3.05, 3.63) is 55.8 Å². The molecular formula is C14H14N4O4S. The lowest BCUT2D eigenvalue weighted by Gasteiger charge is -2.34. The van der Waals surface area contributed by atoms with E-state index in [-0.39, 0.29) is 22.1 Å². The zero-order valence-electron chi connectivity index (χ0n) is 12.1. The highest BCUT2D eigenvalue weighted by atomic mass is 32.1. The molecule has 120 valence electrons. The zero-order valence-corrected chi connectivity index (χ0v) is 12.9. The van der Waals surface area contributed by atoms with Gasteiger partial charge in [0.1, 0.15) is 0 Å². The van der Waals surface area contributed by atoms with E-state index in [0.29, 0.717) is 36.7 Å². The van der Waals surface area contributed by atoms with Crippen molar-refractivity contribution < 1.29 is 9.72 Å². The highest BCUT2D eigenvalue weighted by molar-refractivity contribution is 7.14. The van der Waals surface area contributed by atoms with Gasteiger partial charge in [0.2, 0.25) is 5.56 Å². The smallest absolute Gasteiger partial charge is 0.303 e. The van der Waals surface area contributed by atoms with Gasteiger partial charge in [-0.3, -0.25) is 19.7 Å². The first-order valence-corrected chi connectivity index (χ1v) is 7.89. The number of piperazine rings is 1. The minimum Gasteiger partial charge on any atom is -0.354 e. The molecule has 3 heterocycles. The van der Waals surface area contributed by atoms with Gasteiger partial charge < -0.3 is 14.8 Å². The van der Waals surface area contributed by atoms with E-state index >= 15 is 0 Å². The first-order chi connectivity index (χ1) is 11.1. The highest BCUT2D eigenvalue weighted by Gasteiger charge is 2.27. The van der Waals surface area contributed by atoms with E-state index in [0.717, 1.165) is 0 Å². The summed E-state index contributed by atoms with van der Waals surface area (Å²) < 4.78 is 0. The van der Waals surface area contributed by atoms with Crippen LogP contribution in [0, 0.1) is 10.1 Å². The molecule has 2 aromatic rings. The number of nitro groups is 1. The summed E-state index contributed by atoms with van der Waals surface area (Å²) in [4.78, 5) is 40.1. The Kier molecular flexibility index (Phi) is 4.11. The van der Waals surface area contributed by atoms with E-state index in [1.54, 1.807) is 10.3 Å². The van der Waals surface area contributed by atoms with E-state index in [1.807, 2.05) is 4.90 Å². The van der Waals surface area contributed by atoms with Gasteiger partial charge in [-0.05, 0) is 11.4 Å².